The summed E-state index contributed by atoms with van der Waals surface area (Å²) < 4.78 is 5.50. The minimum atomic E-state index is -0.740. The molecule has 1 aromatic carbocycles. The summed E-state index contributed by atoms with van der Waals surface area (Å²) in [6.45, 7) is 10.7. The molecule has 0 radical (unpaired) electrons. The van der Waals surface area contributed by atoms with Crippen molar-refractivity contribution in [3.05, 3.63) is 77.0 Å². The number of likely N-dealkylation sites (tertiary alicyclic amines) is 1. The van der Waals surface area contributed by atoms with Gasteiger partial charge in [-0.3, -0.25) is 9.78 Å². The second-order valence-corrected chi connectivity index (χ2v) is 10.4. The van der Waals surface area contributed by atoms with Gasteiger partial charge in [0, 0.05) is 30.3 Å². The Balaban J connectivity index is 1.82. The molecular formula is C30H39N3O4. The first-order valence-electron chi connectivity index (χ1n) is 12.9. The van der Waals surface area contributed by atoms with Crippen molar-refractivity contribution in [1.29, 1.82) is 0 Å². The number of amides is 2. The van der Waals surface area contributed by atoms with Gasteiger partial charge in [-0.1, -0.05) is 49.4 Å². The summed E-state index contributed by atoms with van der Waals surface area (Å²) in [7, 11) is 0. The topological polar surface area (TPSA) is 106 Å². The van der Waals surface area contributed by atoms with Crippen LogP contribution in [0.2, 0.25) is 0 Å². The van der Waals surface area contributed by atoms with E-state index >= 15 is 0 Å². The van der Waals surface area contributed by atoms with Gasteiger partial charge in [0.15, 0.2) is 0 Å². The molecule has 7 heteroatoms. The van der Waals surface area contributed by atoms with Crippen molar-refractivity contribution in [1.82, 2.24) is 9.88 Å². The second kappa shape index (κ2) is 12.2. The molecule has 2 aromatic rings. The van der Waals surface area contributed by atoms with Gasteiger partial charge in [0.2, 0.25) is 0 Å². The zero-order valence-corrected chi connectivity index (χ0v) is 22.5. The van der Waals surface area contributed by atoms with Gasteiger partial charge in [-0.25, -0.2) is 4.79 Å². The first kappa shape index (κ1) is 28.1. The highest BCUT2D eigenvalue weighted by Crippen LogP contribution is 2.32. The summed E-state index contributed by atoms with van der Waals surface area (Å²) >= 11 is 0. The number of pyridine rings is 1. The third kappa shape index (κ3) is 7.29. The van der Waals surface area contributed by atoms with E-state index in [4.69, 9.17) is 15.5 Å². The Morgan fingerprint density at radius 3 is 2.35 bits per heavy atom. The fourth-order valence-electron chi connectivity index (χ4n) is 4.52. The third-order valence-electron chi connectivity index (χ3n) is 6.36. The van der Waals surface area contributed by atoms with Gasteiger partial charge in [-0.15, -0.1) is 0 Å². The Labute approximate surface area is 220 Å². The van der Waals surface area contributed by atoms with E-state index in [1.165, 1.54) is 0 Å². The molecule has 1 unspecified atom stereocenters. The first-order chi connectivity index (χ1) is 17.5. The number of piperidine rings is 1. The summed E-state index contributed by atoms with van der Waals surface area (Å²) in [6.07, 6.45) is 7.12. The van der Waals surface area contributed by atoms with Crippen LogP contribution >= 0.6 is 0 Å². The van der Waals surface area contributed by atoms with Crippen LogP contribution in [0, 0.1) is 0 Å². The average Bonchev–Trinajstić information content (AvgIpc) is 2.87. The monoisotopic (exact) mass is 505 g/mol. The third-order valence-corrected chi connectivity index (χ3v) is 6.36. The maximum absolute atomic E-state index is 12.4. The molecule has 37 heavy (non-hydrogen) atoms. The van der Waals surface area contributed by atoms with E-state index < -0.39 is 17.6 Å². The number of nitrogens with zero attached hydrogens (tertiary/aromatic N) is 2. The lowest BCUT2D eigenvalue weighted by molar-refractivity contribution is 0.0204. The van der Waals surface area contributed by atoms with Crippen molar-refractivity contribution >= 4 is 12.0 Å². The van der Waals surface area contributed by atoms with Gasteiger partial charge >= 0.3 is 6.09 Å². The van der Waals surface area contributed by atoms with Crippen LogP contribution < -0.4 is 5.73 Å². The number of nitrogens with two attached hydrogens (primary N) is 1. The molecule has 0 bridgehead atoms. The predicted molar refractivity (Wildman–Crippen MR) is 146 cm³/mol. The number of ether oxygens (including phenoxy) is 1. The number of carbonyl (C=O) groups is 2. The standard InChI is InChI=1S/C30H39N3O4/c1-6-8-22(9-7-2)27(34)23-12-10-21(11-13-23)26-24(28(31)35)14-15-25(32-26)20-16-18-33(19-17-20)29(36)37-30(3,4)5/h6,8-15,20,27,34H,7,16-19H2,1-5H3,(H2,31,35)/b8-6-,22-9+. The van der Waals surface area contributed by atoms with Gasteiger partial charge < -0.3 is 20.5 Å². The number of benzene rings is 1. The van der Waals surface area contributed by atoms with Gasteiger partial charge in [-0.2, -0.15) is 0 Å². The van der Waals surface area contributed by atoms with Crippen LogP contribution in [0.4, 0.5) is 4.79 Å². The van der Waals surface area contributed by atoms with Crippen molar-refractivity contribution in [2.24, 2.45) is 5.73 Å². The number of allylic oxidation sites excluding steroid dienone is 2. The van der Waals surface area contributed by atoms with Crippen molar-refractivity contribution in [3.8, 4) is 11.3 Å². The zero-order chi connectivity index (χ0) is 27.2. The van der Waals surface area contributed by atoms with Crippen molar-refractivity contribution < 1.29 is 19.4 Å². The number of rotatable bonds is 7. The summed E-state index contributed by atoms with van der Waals surface area (Å²) in [6, 6.07) is 11.0. The molecule has 3 N–H and O–H groups in total. The number of aliphatic hydroxyl groups is 1. The zero-order valence-electron chi connectivity index (χ0n) is 22.5. The quantitative estimate of drug-likeness (QED) is 0.455. The Morgan fingerprint density at radius 1 is 1.16 bits per heavy atom. The Bertz CT molecular complexity index is 1150. The largest absolute Gasteiger partial charge is 0.444 e. The Morgan fingerprint density at radius 2 is 1.81 bits per heavy atom. The van der Waals surface area contributed by atoms with Gasteiger partial charge in [0.25, 0.3) is 5.91 Å². The van der Waals surface area contributed by atoms with Crippen LogP contribution in [-0.4, -0.2) is 45.7 Å². The molecule has 0 saturated carbocycles. The minimum Gasteiger partial charge on any atom is -0.444 e. The summed E-state index contributed by atoms with van der Waals surface area (Å²) in [5, 5.41) is 10.8. The molecular weight excluding hydrogens is 466 g/mol. The number of aromatic nitrogens is 1. The first-order valence-corrected chi connectivity index (χ1v) is 12.9. The molecule has 1 saturated heterocycles. The van der Waals surface area contributed by atoms with Crippen LogP contribution in [0.5, 0.6) is 0 Å². The van der Waals surface area contributed by atoms with Gasteiger partial charge in [-0.05, 0) is 70.2 Å². The van der Waals surface area contributed by atoms with E-state index in [1.54, 1.807) is 11.0 Å². The van der Waals surface area contributed by atoms with Crippen LogP contribution in [0.1, 0.15) is 87.5 Å². The van der Waals surface area contributed by atoms with E-state index in [-0.39, 0.29) is 12.0 Å². The van der Waals surface area contributed by atoms with E-state index in [0.717, 1.165) is 41.7 Å². The summed E-state index contributed by atoms with van der Waals surface area (Å²) in [5.74, 6) is -0.387. The summed E-state index contributed by atoms with van der Waals surface area (Å²) in [5.41, 5.74) is 9.25. The molecule has 1 fully saturated rings. The molecule has 2 amide bonds. The maximum atomic E-state index is 12.4. The van der Waals surface area contributed by atoms with Crippen molar-refractivity contribution in [3.63, 3.8) is 0 Å². The highest BCUT2D eigenvalue weighted by Gasteiger charge is 2.28. The molecule has 0 aliphatic carbocycles. The summed E-state index contributed by atoms with van der Waals surface area (Å²) in [4.78, 5) is 31.2. The lowest BCUT2D eigenvalue weighted by Crippen LogP contribution is -2.41. The molecule has 1 aliphatic heterocycles. The lowest BCUT2D eigenvalue weighted by Gasteiger charge is -2.33. The van der Waals surface area contributed by atoms with E-state index in [0.29, 0.717) is 24.3 Å². The predicted octanol–water partition coefficient (Wildman–Crippen LogP) is 5.91. The average molecular weight is 506 g/mol. The Hall–Kier alpha value is -3.45. The molecule has 1 atom stereocenters. The fraction of sp³-hybridized carbons (Fsp3) is 0.433. The van der Waals surface area contributed by atoms with Crippen LogP contribution in [0.15, 0.2) is 60.2 Å². The van der Waals surface area contributed by atoms with E-state index in [1.807, 2.05) is 83.2 Å². The number of aliphatic hydroxyl groups excluding tert-OH is 1. The SMILES string of the molecule is C/C=C\C(=C/CC)C(O)c1ccc(-c2nc(C3CCN(C(=O)OC(C)(C)C)CC3)ccc2C(N)=O)cc1. The van der Waals surface area contributed by atoms with Crippen molar-refractivity contribution in [2.45, 2.75) is 71.5 Å². The molecule has 1 aliphatic rings. The smallest absolute Gasteiger partial charge is 0.410 e. The maximum Gasteiger partial charge on any atom is 0.410 e. The van der Waals surface area contributed by atoms with Crippen LogP contribution in [0.3, 0.4) is 0 Å². The number of hydrogen-bond acceptors (Lipinski definition) is 5. The van der Waals surface area contributed by atoms with E-state index in [2.05, 4.69) is 0 Å². The molecule has 0 spiro atoms. The van der Waals surface area contributed by atoms with E-state index in [9.17, 15) is 14.7 Å². The normalized spacial score (nSPS) is 16.2. The molecule has 1 aromatic heterocycles. The minimum absolute atomic E-state index is 0.156. The lowest BCUT2D eigenvalue weighted by atomic mass is 9.91. The number of primary amides is 1. The molecule has 3 rings (SSSR count). The van der Waals surface area contributed by atoms with Crippen LogP contribution in [0.25, 0.3) is 11.3 Å². The number of hydrogen-bond donors (Lipinski definition) is 2. The molecule has 7 nitrogen and oxygen atoms in total. The molecule has 2 heterocycles. The van der Waals surface area contributed by atoms with Crippen molar-refractivity contribution in [2.75, 3.05) is 13.1 Å². The second-order valence-electron chi connectivity index (χ2n) is 10.4. The van der Waals surface area contributed by atoms with Gasteiger partial charge in [0.1, 0.15) is 11.7 Å². The number of carbonyl (C=O) groups excluding carboxylic acids is 2. The van der Waals surface area contributed by atoms with Crippen LogP contribution in [-0.2, 0) is 4.74 Å². The highest BCUT2D eigenvalue weighted by atomic mass is 16.6. The van der Waals surface area contributed by atoms with Gasteiger partial charge in [0.05, 0.1) is 11.3 Å². The molecule has 198 valence electrons. The highest BCUT2D eigenvalue weighted by molar-refractivity contribution is 5.98. The Kier molecular flexibility index (Phi) is 9.27. The fourth-order valence-corrected chi connectivity index (χ4v) is 4.52.